The number of methoxy groups -OCH3 is 3. The molecular weight excluding hydrogens is 461 g/mol. The van der Waals surface area contributed by atoms with Crippen molar-refractivity contribution in [1.82, 2.24) is 0 Å². The van der Waals surface area contributed by atoms with E-state index in [0.29, 0.717) is 34.9 Å². The highest BCUT2D eigenvalue weighted by molar-refractivity contribution is 5.78. The summed E-state index contributed by atoms with van der Waals surface area (Å²) in [5.74, 6) is -6.14. The Balaban J connectivity index is 0.000000294. The number of alkyl halides is 1. The van der Waals surface area contributed by atoms with E-state index in [-0.39, 0.29) is 5.56 Å². The summed E-state index contributed by atoms with van der Waals surface area (Å²) >= 11 is 0. The lowest BCUT2D eigenvalue weighted by molar-refractivity contribution is -0.00711. The van der Waals surface area contributed by atoms with Crippen LogP contribution in [0.4, 0.5) is 30.9 Å². The Labute approximate surface area is 184 Å². The van der Waals surface area contributed by atoms with E-state index in [1.165, 1.54) is 21.3 Å². The van der Waals surface area contributed by atoms with Gasteiger partial charge in [0.1, 0.15) is 35.6 Å². The fraction of sp³-hybridized carbons (Fsp3) is 0.182. The number of ether oxygens (including phenoxy) is 3. The molecule has 3 aromatic carbocycles. The lowest BCUT2D eigenvalue weighted by Gasteiger charge is -2.16. The maximum Gasteiger partial charge on any atom is 0.194 e. The van der Waals surface area contributed by atoms with Crippen molar-refractivity contribution >= 4 is 0 Å². The van der Waals surface area contributed by atoms with Gasteiger partial charge in [0.25, 0.3) is 0 Å². The van der Waals surface area contributed by atoms with Crippen molar-refractivity contribution in [3.63, 3.8) is 0 Å². The molecule has 178 valence electrons. The molecule has 0 N–H and O–H groups in total. The molecule has 0 atom stereocenters. The Bertz CT molecular complexity index is 1050. The van der Waals surface area contributed by atoms with Crippen LogP contribution in [0.1, 0.15) is 5.56 Å². The molecule has 0 heterocycles. The van der Waals surface area contributed by atoms with Crippen LogP contribution < -0.4 is 19.2 Å². The SMILES string of the molecule is COc1cc(OC)c(-c2cc(F)c(CF)c(F)c2)c(OC)c1.FOc1cc(F)c(F)c(F)c1. The molecule has 0 aromatic heterocycles. The topological polar surface area (TPSA) is 36.9 Å². The van der Waals surface area contributed by atoms with Crippen molar-refractivity contribution in [3.8, 4) is 34.1 Å². The average molecular weight is 478 g/mol. The van der Waals surface area contributed by atoms with E-state index in [1.807, 2.05) is 0 Å². The molecule has 0 saturated carbocycles. The Morgan fingerprint density at radius 2 is 1.12 bits per heavy atom. The zero-order valence-electron chi connectivity index (χ0n) is 17.4. The van der Waals surface area contributed by atoms with Crippen LogP contribution in [0, 0.1) is 29.1 Å². The van der Waals surface area contributed by atoms with E-state index in [2.05, 4.69) is 4.94 Å². The van der Waals surface area contributed by atoms with E-state index in [0.717, 1.165) is 12.1 Å². The van der Waals surface area contributed by atoms with Gasteiger partial charge in [-0.05, 0) is 17.7 Å². The number of halogens is 7. The molecule has 0 bridgehead atoms. The second-order valence-electron chi connectivity index (χ2n) is 6.24. The third-order valence-corrected chi connectivity index (χ3v) is 4.32. The first-order chi connectivity index (χ1) is 15.7. The van der Waals surface area contributed by atoms with Crippen LogP contribution in [0.15, 0.2) is 36.4 Å². The smallest absolute Gasteiger partial charge is 0.194 e. The predicted octanol–water partition coefficient (Wildman–Crippen LogP) is 6.49. The molecule has 3 rings (SSSR count). The highest BCUT2D eigenvalue weighted by Gasteiger charge is 2.19. The van der Waals surface area contributed by atoms with Crippen LogP contribution in [-0.4, -0.2) is 21.3 Å². The number of benzene rings is 3. The molecular formula is C22H17F7O4. The van der Waals surface area contributed by atoms with E-state index in [4.69, 9.17) is 14.2 Å². The summed E-state index contributed by atoms with van der Waals surface area (Å²) in [5.41, 5.74) is -0.0623. The van der Waals surface area contributed by atoms with Gasteiger partial charge in [-0.25, -0.2) is 26.3 Å². The Kier molecular flexibility index (Phi) is 8.78. The Hall–Kier alpha value is -3.63. The van der Waals surface area contributed by atoms with Gasteiger partial charge < -0.3 is 14.2 Å². The molecule has 0 unspecified atom stereocenters. The van der Waals surface area contributed by atoms with Crippen molar-refractivity contribution in [1.29, 1.82) is 0 Å². The van der Waals surface area contributed by atoms with E-state index >= 15 is 0 Å². The van der Waals surface area contributed by atoms with E-state index in [9.17, 15) is 30.9 Å². The largest absolute Gasteiger partial charge is 0.496 e. The fourth-order valence-corrected chi connectivity index (χ4v) is 2.74. The molecule has 0 spiro atoms. The summed E-state index contributed by atoms with van der Waals surface area (Å²) in [4.78, 5) is 2.98. The molecule has 0 radical (unpaired) electrons. The predicted molar refractivity (Wildman–Crippen MR) is 104 cm³/mol. The van der Waals surface area contributed by atoms with Crippen LogP contribution in [0.3, 0.4) is 0 Å². The number of hydrogen-bond acceptors (Lipinski definition) is 4. The van der Waals surface area contributed by atoms with Crippen LogP contribution in [-0.2, 0) is 6.67 Å². The molecule has 0 amide bonds. The minimum Gasteiger partial charge on any atom is -0.496 e. The van der Waals surface area contributed by atoms with Crippen LogP contribution in [0.2, 0.25) is 0 Å². The van der Waals surface area contributed by atoms with Crippen molar-refractivity contribution in [2.75, 3.05) is 21.3 Å². The highest BCUT2D eigenvalue weighted by atomic mass is 19.3. The summed E-state index contributed by atoms with van der Waals surface area (Å²) in [6.07, 6.45) is 0. The van der Waals surface area contributed by atoms with Crippen LogP contribution in [0.5, 0.6) is 23.0 Å². The van der Waals surface area contributed by atoms with Gasteiger partial charge in [-0.1, -0.05) is 0 Å². The van der Waals surface area contributed by atoms with Gasteiger partial charge in [0.05, 0.1) is 32.5 Å². The zero-order valence-corrected chi connectivity index (χ0v) is 17.4. The highest BCUT2D eigenvalue weighted by Crippen LogP contribution is 2.42. The normalized spacial score (nSPS) is 10.2. The van der Waals surface area contributed by atoms with Crippen molar-refractivity contribution < 1.29 is 50.0 Å². The molecule has 0 fully saturated rings. The van der Waals surface area contributed by atoms with Gasteiger partial charge in [0, 0.05) is 28.8 Å². The van der Waals surface area contributed by atoms with E-state index < -0.39 is 47.1 Å². The molecule has 0 aliphatic heterocycles. The summed E-state index contributed by atoms with van der Waals surface area (Å²) < 4.78 is 104. The molecule has 0 aliphatic rings. The summed E-state index contributed by atoms with van der Waals surface area (Å²) in [6.45, 7) is -1.21. The number of rotatable bonds is 6. The third kappa shape index (κ3) is 5.79. The maximum atomic E-state index is 13.8. The number of hydrogen-bond donors (Lipinski definition) is 0. The summed E-state index contributed by atoms with van der Waals surface area (Å²) in [5, 5.41) is 0. The third-order valence-electron chi connectivity index (χ3n) is 4.32. The van der Waals surface area contributed by atoms with Crippen molar-refractivity contribution in [2.45, 2.75) is 6.67 Å². The molecule has 11 heteroatoms. The quantitative estimate of drug-likeness (QED) is 0.300. The van der Waals surface area contributed by atoms with Gasteiger partial charge >= 0.3 is 0 Å². The van der Waals surface area contributed by atoms with E-state index in [1.54, 1.807) is 12.1 Å². The second-order valence-corrected chi connectivity index (χ2v) is 6.24. The van der Waals surface area contributed by atoms with Gasteiger partial charge in [0.15, 0.2) is 23.2 Å². The van der Waals surface area contributed by atoms with Gasteiger partial charge in [-0.3, -0.25) is 4.94 Å². The molecule has 0 aliphatic carbocycles. The van der Waals surface area contributed by atoms with Gasteiger partial charge in [-0.15, -0.1) is 0 Å². The average Bonchev–Trinajstić information content (AvgIpc) is 2.81. The second kappa shape index (κ2) is 11.3. The van der Waals surface area contributed by atoms with Crippen molar-refractivity contribution in [2.24, 2.45) is 0 Å². The first-order valence-electron chi connectivity index (χ1n) is 8.98. The summed E-state index contributed by atoms with van der Waals surface area (Å²) in [7, 11) is 4.31. The van der Waals surface area contributed by atoms with Crippen molar-refractivity contribution in [3.05, 3.63) is 71.0 Å². The Morgan fingerprint density at radius 3 is 1.48 bits per heavy atom. The first-order valence-corrected chi connectivity index (χ1v) is 8.98. The Morgan fingerprint density at radius 1 is 0.636 bits per heavy atom. The minimum absolute atomic E-state index is 0.184. The molecule has 4 nitrogen and oxygen atoms in total. The molecule has 33 heavy (non-hydrogen) atoms. The molecule has 0 saturated heterocycles. The van der Waals surface area contributed by atoms with Gasteiger partial charge in [-0.2, -0.15) is 0 Å². The standard InChI is InChI=1S/C16H15F3O3.C6H2F4O/c1-20-10-6-14(21-2)16(15(7-10)22-3)9-4-12(18)11(8-17)13(19)5-9;7-4-1-3(11-10)2-5(8)6(4)9/h4-7H,8H2,1-3H3;1-2H. The lowest BCUT2D eigenvalue weighted by atomic mass is 10.0. The van der Waals surface area contributed by atoms with Crippen LogP contribution >= 0.6 is 0 Å². The maximum absolute atomic E-state index is 13.8. The van der Waals surface area contributed by atoms with Gasteiger partial charge in [0.2, 0.25) is 0 Å². The lowest BCUT2D eigenvalue weighted by Crippen LogP contribution is -1.98. The van der Waals surface area contributed by atoms with Crippen LogP contribution in [0.25, 0.3) is 11.1 Å². The first kappa shape index (κ1) is 25.6. The minimum atomic E-state index is -1.65. The summed E-state index contributed by atoms with van der Waals surface area (Å²) in [6, 6.07) is 6.03. The zero-order chi connectivity index (χ0) is 24.7. The molecule has 3 aromatic rings. The monoisotopic (exact) mass is 478 g/mol. The fourth-order valence-electron chi connectivity index (χ4n) is 2.74.